The van der Waals surface area contributed by atoms with Gasteiger partial charge in [0.1, 0.15) is 11.4 Å². The van der Waals surface area contributed by atoms with Crippen molar-refractivity contribution < 1.29 is 14.7 Å². The molecule has 2 fully saturated rings. The van der Waals surface area contributed by atoms with Gasteiger partial charge in [0.25, 0.3) is 0 Å². The monoisotopic (exact) mass is 346 g/mol. The van der Waals surface area contributed by atoms with E-state index in [2.05, 4.69) is 10.3 Å². The van der Waals surface area contributed by atoms with Gasteiger partial charge in [-0.2, -0.15) is 0 Å². The van der Waals surface area contributed by atoms with Gasteiger partial charge in [0.15, 0.2) is 0 Å². The maximum atomic E-state index is 12.4. The van der Waals surface area contributed by atoms with Gasteiger partial charge in [-0.1, -0.05) is 6.07 Å². The maximum absolute atomic E-state index is 12.4. The number of anilines is 1. The molecule has 0 saturated carbocycles. The number of carbonyl (C=O) groups is 2. The van der Waals surface area contributed by atoms with Gasteiger partial charge < -0.3 is 20.2 Å². The number of nitrogens with zero attached hydrogens (tertiary/aromatic N) is 3. The van der Waals surface area contributed by atoms with Crippen LogP contribution in [0.1, 0.15) is 26.2 Å². The van der Waals surface area contributed by atoms with Gasteiger partial charge in [0.2, 0.25) is 11.8 Å². The van der Waals surface area contributed by atoms with Crippen LogP contribution in [0.2, 0.25) is 0 Å². The molecule has 2 aliphatic heterocycles. The minimum atomic E-state index is -0.923. The molecule has 2 saturated heterocycles. The Bertz CT molecular complexity index is 616. The summed E-state index contributed by atoms with van der Waals surface area (Å²) in [6, 6.07) is 5.71. The fourth-order valence-electron chi connectivity index (χ4n) is 3.59. The van der Waals surface area contributed by atoms with Crippen molar-refractivity contribution in [1.82, 2.24) is 15.2 Å². The Morgan fingerprint density at radius 2 is 2.08 bits per heavy atom. The number of β-amino-alcohol motifs (C(OH)–C–C–N with tert-alkyl or cyclic N) is 1. The van der Waals surface area contributed by atoms with E-state index in [0.29, 0.717) is 38.9 Å². The number of carbonyl (C=O) groups excluding carboxylic acids is 2. The van der Waals surface area contributed by atoms with E-state index in [0.717, 1.165) is 12.4 Å². The van der Waals surface area contributed by atoms with E-state index in [1.54, 1.807) is 18.0 Å². The average Bonchev–Trinajstić information content (AvgIpc) is 3.03. The number of aromatic nitrogens is 1. The van der Waals surface area contributed by atoms with Crippen LogP contribution in [0.25, 0.3) is 0 Å². The van der Waals surface area contributed by atoms with Crippen molar-refractivity contribution in [2.45, 2.75) is 31.8 Å². The van der Waals surface area contributed by atoms with Crippen molar-refractivity contribution in [3.63, 3.8) is 0 Å². The number of likely N-dealkylation sites (tertiary alicyclic amines) is 1. The van der Waals surface area contributed by atoms with Gasteiger partial charge in [-0.3, -0.25) is 9.59 Å². The first-order chi connectivity index (χ1) is 12.0. The topological polar surface area (TPSA) is 85.8 Å². The Hall–Kier alpha value is -2.15. The fraction of sp³-hybridized carbons (Fsp3) is 0.611. The second-order valence-electron chi connectivity index (χ2n) is 7.08. The molecule has 0 spiro atoms. The number of pyridine rings is 1. The number of amides is 2. The summed E-state index contributed by atoms with van der Waals surface area (Å²) in [4.78, 5) is 31.8. The third kappa shape index (κ3) is 4.28. The second-order valence-corrected chi connectivity index (χ2v) is 7.08. The van der Waals surface area contributed by atoms with E-state index < -0.39 is 5.60 Å². The Morgan fingerprint density at radius 3 is 2.72 bits per heavy atom. The summed E-state index contributed by atoms with van der Waals surface area (Å²) in [5, 5.41) is 13.7. The molecule has 2 N–H and O–H groups in total. The molecule has 7 heteroatoms. The maximum Gasteiger partial charge on any atom is 0.223 e. The molecule has 25 heavy (non-hydrogen) atoms. The third-order valence-corrected chi connectivity index (χ3v) is 5.21. The molecular weight excluding hydrogens is 320 g/mol. The number of rotatable bonds is 4. The van der Waals surface area contributed by atoms with E-state index in [1.807, 2.05) is 23.1 Å². The molecule has 2 amide bonds. The van der Waals surface area contributed by atoms with Gasteiger partial charge in [-0.25, -0.2) is 4.98 Å². The zero-order chi connectivity index (χ0) is 17.9. The molecule has 0 aromatic carbocycles. The SMILES string of the molecule is CC(=O)N1CCC(C(=O)NC[C@]2(O)CCN(c3ccccn3)C2)CC1. The molecule has 1 aromatic rings. The summed E-state index contributed by atoms with van der Waals surface area (Å²) >= 11 is 0. The second kappa shape index (κ2) is 7.39. The van der Waals surface area contributed by atoms with Crippen LogP contribution in [-0.2, 0) is 9.59 Å². The van der Waals surface area contributed by atoms with Gasteiger partial charge in [-0.05, 0) is 31.4 Å². The first-order valence-electron chi connectivity index (χ1n) is 8.88. The number of aliphatic hydroxyl groups is 1. The number of hydrogen-bond acceptors (Lipinski definition) is 5. The van der Waals surface area contributed by atoms with Crippen molar-refractivity contribution in [1.29, 1.82) is 0 Å². The highest BCUT2D eigenvalue weighted by molar-refractivity contribution is 5.79. The number of nitrogens with one attached hydrogen (secondary N) is 1. The lowest BCUT2D eigenvalue weighted by Gasteiger charge is -2.31. The van der Waals surface area contributed by atoms with Crippen LogP contribution in [0, 0.1) is 5.92 Å². The summed E-state index contributed by atoms with van der Waals surface area (Å²) in [6.07, 6.45) is 3.71. The number of hydrogen-bond donors (Lipinski definition) is 2. The largest absolute Gasteiger partial charge is 0.386 e. The predicted molar refractivity (Wildman–Crippen MR) is 94.0 cm³/mol. The smallest absolute Gasteiger partial charge is 0.223 e. The van der Waals surface area contributed by atoms with Crippen molar-refractivity contribution in [3.05, 3.63) is 24.4 Å². The Kier molecular flexibility index (Phi) is 5.22. The lowest BCUT2D eigenvalue weighted by molar-refractivity contribution is -0.134. The third-order valence-electron chi connectivity index (χ3n) is 5.21. The zero-order valence-corrected chi connectivity index (χ0v) is 14.6. The Balaban J connectivity index is 1.47. The first kappa shape index (κ1) is 17.7. The first-order valence-corrected chi connectivity index (χ1v) is 8.88. The van der Waals surface area contributed by atoms with E-state index in [1.165, 1.54) is 0 Å². The molecule has 3 heterocycles. The minimum absolute atomic E-state index is 0.0205. The van der Waals surface area contributed by atoms with E-state index in [-0.39, 0.29) is 24.3 Å². The van der Waals surface area contributed by atoms with Crippen molar-refractivity contribution >= 4 is 17.6 Å². The van der Waals surface area contributed by atoms with Gasteiger partial charge in [0, 0.05) is 51.8 Å². The predicted octanol–water partition coefficient (Wildman–Crippen LogP) is 0.398. The summed E-state index contributed by atoms with van der Waals surface area (Å²) in [5.41, 5.74) is -0.923. The van der Waals surface area contributed by atoms with Gasteiger partial charge in [0.05, 0.1) is 0 Å². The lowest BCUT2D eigenvalue weighted by Crippen LogP contribution is -2.48. The molecule has 0 aliphatic carbocycles. The highest BCUT2D eigenvalue weighted by Crippen LogP contribution is 2.25. The standard InChI is InChI=1S/C18H26N4O3/c1-14(23)21-9-5-15(6-10-21)17(24)20-12-18(25)7-11-22(13-18)16-4-2-3-8-19-16/h2-4,8,15,25H,5-7,9-13H2,1H3,(H,20,24)/t18-/m1/s1. The van der Waals surface area contributed by atoms with Crippen LogP contribution >= 0.6 is 0 Å². The van der Waals surface area contributed by atoms with Crippen LogP contribution < -0.4 is 10.2 Å². The Morgan fingerprint density at radius 1 is 1.32 bits per heavy atom. The molecule has 3 rings (SSSR count). The molecule has 7 nitrogen and oxygen atoms in total. The molecule has 136 valence electrons. The van der Waals surface area contributed by atoms with Crippen molar-refractivity contribution in [2.75, 3.05) is 37.6 Å². The molecule has 0 radical (unpaired) electrons. The normalized spacial score (nSPS) is 24.4. The summed E-state index contributed by atoms with van der Waals surface area (Å²) < 4.78 is 0. The number of piperidine rings is 1. The Labute approximate surface area is 148 Å². The highest BCUT2D eigenvalue weighted by atomic mass is 16.3. The summed E-state index contributed by atoms with van der Waals surface area (Å²) in [6.45, 7) is 4.26. The van der Waals surface area contributed by atoms with Crippen molar-refractivity contribution in [2.24, 2.45) is 5.92 Å². The lowest BCUT2D eigenvalue weighted by atomic mass is 9.95. The highest BCUT2D eigenvalue weighted by Gasteiger charge is 2.37. The van der Waals surface area contributed by atoms with Gasteiger partial charge in [-0.15, -0.1) is 0 Å². The molecule has 2 aliphatic rings. The summed E-state index contributed by atoms with van der Waals surface area (Å²) in [7, 11) is 0. The quantitative estimate of drug-likeness (QED) is 0.824. The molecule has 1 atom stereocenters. The fourth-order valence-corrected chi connectivity index (χ4v) is 3.59. The van der Waals surface area contributed by atoms with Gasteiger partial charge >= 0.3 is 0 Å². The minimum Gasteiger partial charge on any atom is -0.386 e. The van der Waals surface area contributed by atoms with Crippen LogP contribution in [0.5, 0.6) is 0 Å². The molecule has 0 unspecified atom stereocenters. The molecular formula is C18H26N4O3. The summed E-state index contributed by atoms with van der Waals surface area (Å²) in [5.74, 6) is 0.815. The van der Waals surface area contributed by atoms with E-state index >= 15 is 0 Å². The van der Waals surface area contributed by atoms with Crippen LogP contribution in [-0.4, -0.2) is 65.1 Å². The van der Waals surface area contributed by atoms with Crippen LogP contribution in [0.3, 0.4) is 0 Å². The zero-order valence-electron chi connectivity index (χ0n) is 14.6. The van der Waals surface area contributed by atoms with E-state index in [4.69, 9.17) is 0 Å². The van der Waals surface area contributed by atoms with E-state index in [9.17, 15) is 14.7 Å². The van der Waals surface area contributed by atoms with Crippen LogP contribution in [0.4, 0.5) is 5.82 Å². The van der Waals surface area contributed by atoms with Crippen LogP contribution in [0.15, 0.2) is 24.4 Å². The molecule has 0 bridgehead atoms. The van der Waals surface area contributed by atoms with Crippen molar-refractivity contribution in [3.8, 4) is 0 Å². The average molecular weight is 346 g/mol. The molecule has 1 aromatic heterocycles.